The molecular weight excluding hydrogens is 691 g/mol. The van der Waals surface area contributed by atoms with Crippen LogP contribution in [0.15, 0.2) is 116 Å². The Balaban J connectivity index is 0.000000192. The molecule has 0 spiro atoms. The molecule has 0 amide bonds. The third-order valence-electron chi connectivity index (χ3n) is 6.70. The van der Waals surface area contributed by atoms with E-state index in [1.165, 1.54) is 5.39 Å². The number of fused-ring (bicyclic) bond motifs is 5. The second kappa shape index (κ2) is 12.4. The Kier molecular flexibility index (Phi) is 6.93. The van der Waals surface area contributed by atoms with E-state index < -0.39 is 18.6 Å². The molecule has 0 atom stereocenters. The van der Waals surface area contributed by atoms with Crippen molar-refractivity contribution in [3.05, 3.63) is 139 Å². The van der Waals surface area contributed by atoms with Crippen molar-refractivity contribution in [2.45, 2.75) is 34.0 Å². The van der Waals surface area contributed by atoms with Crippen LogP contribution < -0.4 is 0 Å². The van der Waals surface area contributed by atoms with Crippen molar-refractivity contribution in [2.24, 2.45) is 5.41 Å². The standard InChI is InChI=1S/C22H15N2.C16H18N.Ir/c1-15-11-12-23-20(13-15)18-6-4-8-22-19(18)10-9-17-14-16-5-2-3-7-21(16)24(17)22;1-16(2,3)12-13-9-10-17-15(11-13)14-7-5-4-6-8-14;/h2-5,7-14H,1H3;4-7,9-11H,12H2,1-3H3;/q2*-1;/i1D3;12D2;. The van der Waals surface area contributed by atoms with Gasteiger partial charge in [-0.1, -0.05) is 73.7 Å². The van der Waals surface area contributed by atoms with Gasteiger partial charge in [0.2, 0.25) is 0 Å². The first-order valence-electron chi connectivity index (χ1n) is 16.1. The van der Waals surface area contributed by atoms with Gasteiger partial charge in [0, 0.05) is 50.3 Å². The van der Waals surface area contributed by atoms with Crippen LogP contribution in [-0.4, -0.2) is 14.4 Å². The fraction of sp³-hybridized carbons (Fsp3) is 0.158. The fourth-order valence-corrected chi connectivity index (χ4v) is 5.02. The largest absolute Gasteiger partial charge is 0.327 e. The van der Waals surface area contributed by atoms with E-state index in [0.29, 0.717) is 11.3 Å². The van der Waals surface area contributed by atoms with Crippen LogP contribution in [0, 0.1) is 24.4 Å². The first-order valence-corrected chi connectivity index (χ1v) is 13.6. The fourth-order valence-electron chi connectivity index (χ4n) is 5.02. The maximum Gasteiger partial charge on any atom is 0.0517 e. The van der Waals surface area contributed by atoms with E-state index in [0.717, 1.165) is 38.8 Å². The van der Waals surface area contributed by atoms with Crippen LogP contribution >= 0.6 is 0 Å². The van der Waals surface area contributed by atoms with Gasteiger partial charge in [-0.15, -0.1) is 59.7 Å². The van der Waals surface area contributed by atoms with Crippen LogP contribution in [0.2, 0.25) is 0 Å². The summed E-state index contributed by atoms with van der Waals surface area (Å²) >= 11 is 0. The Bertz CT molecular complexity index is 2170. The van der Waals surface area contributed by atoms with Crippen molar-refractivity contribution in [1.82, 2.24) is 14.4 Å². The molecule has 4 aromatic heterocycles. The molecule has 7 aromatic rings. The normalized spacial score (nSPS) is 13.6. The maximum atomic E-state index is 8.31. The second-order valence-electron chi connectivity index (χ2n) is 11.0. The Hall–Kier alpha value is -4.11. The molecule has 42 heavy (non-hydrogen) atoms. The molecule has 211 valence electrons. The molecule has 0 aliphatic heterocycles. The predicted molar refractivity (Wildman–Crippen MR) is 171 cm³/mol. The summed E-state index contributed by atoms with van der Waals surface area (Å²) in [6.07, 6.45) is 1.81. The SMILES string of the molecule is [2H]C([2H])([2H])c1ccnc(-c2[c-]ccc3c2ccc2cc4ccccc4n23)c1.[2H]C([2H])(c1ccnc(-c2[c-]cccc2)c1)C(C)(C)C.[Ir]. The van der Waals surface area contributed by atoms with Crippen LogP contribution in [0.5, 0.6) is 0 Å². The van der Waals surface area contributed by atoms with Crippen molar-refractivity contribution >= 4 is 27.3 Å². The number of rotatable bonds is 3. The Morgan fingerprint density at radius 2 is 1.60 bits per heavy atom. The van der Waals surface area contributed by atoms with E-state index in [1.807, 2.05) is 75.4 Å². The van der Waals surface area contributed by atoms with Crippen molar-refractivity contribution in [3.8, 4) is 22.5 Å². The van der Waals surface area contributed by atoms with Crippen LogP contribution in [-0.2, 0) is 26.5 Å². The molecule has 0 saturated heterocycles. The first kappa shape index (κ1) is 23.5. The van der Waals surface area contributed by atoms with Gasteiger partial charge in [0.25, 0.3) is 0 Å². The van der Waals surface area contributed by atoms with Gasteiger partial charge >= 0.3 is 0 Å². The quantitative estimate of drug-likeness (QED) is 0.170. The van der Waals surface area contributed by atoms with Crippen molar-refractivity contribution in [3.63, 3.8) is 0 Å². The minimum absolute atomic E-state index is 0. The number of benzene rings is 3. The number of hydrogen-bond donors (Lipinski definition) is 0. The molecule has 1 radical (unpaired) electrons. The average molecular weight is 729 g/mol. The molecule has 0 saturated carbocycles. The molecule has 0 aliphatic rings. The van der Waals surface area contributed by atoms with E-state index in [4.69, 9.17) is 6.85 Å². The van der Waals surface area contributed by atoms with Gasteiger partial charge in [-0.05, 0) is 65.9 Å². The number of hydrogen-bond acceptors (Lipinski definition) is 2. The predicted octanol–water partition coefficient (Wildman–Crippen LogP) is 9.55. The number of pyridine rings is 3. The van der Waals surface area contributed by atoms with Gasteiger partial charge < -0.3 is 14.4 Å². The zero-order chi connectivity index (χ0) is 32.7. The van der Waals surface area contributed by atoms with E-state index in [-0.39, 0.29) is 25.7 Å². The monoisotopic (exact) mass is 729 g/mol. The van der Waals surface area contributed by atoms with E-state index >= 15 is 0 Å². The van der Waals surface area contributed by atoms with Gasteiger partial charge in [-0.2, -0.15) is 0 Å². The number of aryl methyl sites for hydroxylation is 1. The number of nitrogens with zero attached hydrogens (tertiary/aromatic N) is 3. The zero-order valence-corrected chi connectivity index (χ0v) is 26.0. The molecular formula is C38H33IrN3-2. The molecule has 0 fully saturated rings. The second-order valence-corrected chi connectivity index (χ2v) is 11.0. The topological polar surface area (TPSA) is 30.2 Å². The van der Waals surface area contributed by atoms with Gasteiger partial charge in [0.15, 0.2) is 0 Å². The Labute approximate surface area is 268 Å². The minimum atomic E-state index is -2.16. The summed E-state index contributed by atoms with van der Waals surface area (Å²) < 4.78 is 41.8. The molecule has 0 aliphatic carbocycles. The van der Waals surface area contributed by atoms with Crippen molar-refractivity contribution < 1.29 is 27.0 Å². The van der Waals surface area contributed by atoms with Gasteiger partial charge in [0.1, 0.15) is 0 Å². The molecule has 7 rings (SSSR count). The summed E-state index contributed by atoms with van der Waals surface area (Å²) in [5, 5.41) is 2.17. The van der Waals surface area contributed by atoms with Crippen molar-refractivity contribution in [2.75, 3.05) is 0 Å². The van der Waals surface area contributed by atoms with Crippen LogP contribution in [0.1, 0.15) is 38.8 Å². The summed E-state index contributed by atoms with van der Waals surface area (Å²) in [6, 6.07) is 39.2. The molecule has 0 N–H and O–H groups in total. The molecule has 0 bridgehead atoms. The summed E-state index contributed by atoms with van der Waals surface area (Å²) in [5.74, 6) is 0. The Morgan fingerprint density at radius 3 is 2.40 bits per heavy atom. The van der Waals surface area contributed by atoms with E-state index in [2.05, 4.69) is 56.8 Å². The minimum Gasteiger partial charge on any atom is -0.327 e. The summed E-state index contributed by atoms with van der Waals surface area (Å²) in [5.41, 5.74) is 6.83. The third kappa shape index (κ3) is 6.36. The van der Waals surface area contributed by atoms with Crippen LogP contribution in [0.4, 0.5) is 0 Å². The summed E-state index contributed by atoms with van der Waals surface area (Å²) in [6.45, 7) is 3.55. The molecule has 4 heterocycles. The van der Waals surface area contributed by atoms with E-state index in [9.17, 15) is 0 Å². The van der Waals surface area contributed by atoms with E-state index in [1.54, 1.807) is 30.6 Å². The average Bonchev–Trinajstić information content (AvgIpc) is 3.44. The maximum absolute atomic E-state index is 8.31. The molecule has 4 heteroatoms. The molecule has 0 unspecified atom stereocenters. The van der Waals surface area contributed by atoms with Crippen molar-refractivity contribution in [1.29, 1.82) is 0 Å². The third-order valence-corrected chi connectivity index (χ3v) is 6.70. The van der Waals surface area contributed by atoms with Gasteiger partial charge in [0.05, 0.1) is 5.52 Å². The first-order chi connectivity index (χ1) is 21.8. The summed E-state index contributed by atoms with van der Waals surface area (Å²) in [7, 11) is 0. The Morgan fingerprint density at radius 1 is 0.786 bits per heavy atom. The number of aromatic nitrogens is 3. The smallest absolute Gasteiger partial charge is 0.0517 e. The van der Waals surface area contributed by atoms with Gasteiger partial charge in [-0.25, -0.2) is 0 Å². The van der Waals surface area contributed by atoms with Crippen LogP contribution in [0.3, 0.4) is 0 Å². The zero-order valence-electron chi connectivity index (χ0n) is 28.6. The number of para-hydroxylation sites is 1. The van der Waals surface area contributed by atoms with Crippen LogP contribution in [0.25, 0.3) is 49.8 Å². The van der Waals surface area contributed by atoms with Gasteiger partial charge in [-0.3, -0.25) is 0 Å². The molecule has 3 nitrogen and oxygen atoms in total. The summed E-state index contributed by atoms with van der Waals surface area (Å²) in [4.78, 5) is 8.72. The molecule has 3 aromatic carbocycles.